The van der Waals surface area contributed by atoms with E-state index in [0.29, 0.717) is 38.9 Å². The standard InChI is InChI=1S/C25H37N3O5/c1-5-24-11-9-13-26(4)21(30)18(24)19-22(31)28(14-7-6-8-16-29)20-23(32)27(17(2)3)15-10-12-25(19,20)33-24/h9-12,17-20,29H,5-8,13-16H2,1-4H3/t18-,19-,20?,24+,25-/m0/s1. The second-order valence-corrected chi connectivity index (χ2v) is 10.0. The number of carbonyl (C=O) groups is 3. The maximum atomic E-state index is 14.0. The zero-order valence-corrected chi connectivity index (χ0v) is 20.2. The molecule has 0 aromatic rings. The van der Waals surface area contributed by atoms with Gasteiger partial charge in [-0.2, -0.15) is 0 Å². The summed E-state index contributed by atoms with van der Waals surface area (Å²) in [6.45, 7) is 7.34. The molecule has 33 heavy (non-hydrogen) atoms. The minimum atomic E-state index is -1.17. The third-order valence-corrected chi connectivity index (χ3v) is 7.85. The molecule has 0 bridgehead atoms. The Balaban J connectivity index is 1.83. The Morgan fingerprint density at radius 2 is 1.76 bits per heavy atom. The van der Waals surface area contributed by atoms with Crippen LogP contribution in [0.2, 0.25) is 0 Å². The van der Waals surface area contributed by atoms with E-state index in [9.17, 15) is 14.4 Å². The molecule has 8 nitrogen and oxygen atoms in total. The molecule has 1 unspecified atom stereocenters. The van der Waals surface area contributed by atoms with Crippen LogP contribution in [0.5, 0.6) is 0 Å². The van der Waals surface area contributed by atoms with Gasteiger partial charge in [0.05, 0.1) is 17.4 Å². The predicted octanol–water partition coefficient (Wildman–Crippen LogP) is 1.35. The lowest BCUT2D eigenvalue weighted by Crippen LogP contribution is -2.57. The SMILES string of the molecule is CC[C@@]12C=CCN(C)C(=O)[C@@H]1[C@H]1C(=O)N(CCCCCO)C3C(=O)N(C(C)C)CC=C[C@@]31O2. The van der Waals surface area contributed by atoms with Gasteiger partial charge in [0.25, 0.3) is 0 Å². The van der Waals surface area contributed by atoms with Crippen LogP contribution >= 0.6 is 0 Å². The van der Waals surface area contributed by atoms with Crippen LogP contribution in [0.4, 0.5) is 0 Å². The number of aliphatic hydroxyl groups is 1. The summed E-state index contributed by atoms with van der Waals surface area (Å²) in [4.78, 5) is 46.6. The minimum Gasteiger partial charge on any atom is -0.396 e. The summed E-state index contributed by atoms with van der Waals surface area (Å²) in [7, 11) is 1.75. The van der Waals surface area contributed by atoms with E-state index < -0.39 is 29.1 Å². The van der Waals surface area contributed by atoms with Gasteiger partial charge in [-0.15, -0.1) is 0 Å². The summed E-state index contributed by atoms with van der Waals surface area (Å²) < 4.78 is 6.85. The summed E-state index contributed by atoms with van der Waals surface area (Å²) >= 11 is 0. The van der Waals surface area contributed by atoms with Crippen LogP contribution in [0.1, 0.15) is 46.5 Å². The maximum Gasteiger partial charge on any atom is 0.249 e. The molecule has 4 rings (SSSR count). The van der Waals surface area contributed by atoms with Gasteiger partial charge in [0.1, 0.15) is 11.6 Å². The first-order chi connectivity index (χ1) is 15.7. The molecule has 0 aromatic carbocycles. The Morgan fingerprint density at radius 1 is 1.03 bits per heavy atom. The topological polar surface area (TPSA) is 90.4 Å². The third kappa shape index (κ3) is 3.53. The average Bonchev–Trinajstić information content (AvgIpc) is 3.07. The van der Waals surface area contributed by atoms with Crippen molar-refractivity contribution in [3.63, 3.8) is 0 Å². The Kier molecular flexibility index (Phi) is 6.44. The van der Waals surface area contributed by atoms with Gasteiger partial charge in [0.15, 0.2) is 0 Å². The number of unbranched alkanes of at least 4 members (excludes halogenated alkanes) is 2. The number of likely N-dealkylation sites (tertiary alicyclic amines) is 1. The Hall–Kier alpha value is -2.19. The fourth-order valence-corrected chi connectivity index (χ4v) is 6.17. The molecule has 5 atom stereocenters. The molecule has 0 saturated carbocycles. The highest BCUT2D eigenvalue weighted by molar-refractivity contribution is 6.00. The molecule has 1 N–H and O–H groups in total. The third-order valence-electron chi connectivity index (χ3n) is 7.85. The molecule has 0 radical (unpaired) electrons. The molecule has 3 amide bonds. The van der Waals surface area contributed by atoms with Crippen LogP contribution in [-0.4, -0.2) is 94.1 Å². The number of carbonyl (C=O) groups excluding carboxylic acids is 3. The molecule has 1 spiro atoms. The Labute approximate surface area is 196 Å². The van der Waals surface area contributed by atoms with Crippen molar-refractivity contribution in [2.24, 2.45) is 11.8 Å². The van der Waals surface area contributed by atoms with Crippen LogP contribution in [0, 0.1) is 11.8 Å². The van der Waals surface area contributed by atoms with Gasteiger partial charge in [0.2, 0.25) is 17.7 Å². The number of rotatable bonds is 7. The van der Waals surface area contributed by atoms with Crippen molar-refractivity contribution in [3.05, 3.63) is 24.3 Å². The molecule has 2 saturated heterocycles. The number of aliphatic hydroxyl groups excluding tert-OH is 1. The first-order valence-electron chi connectivity index (χ1n) is 12.3. The van der Waals surface area contributed by atoms with E-state index in [4.69, 9.17) is 9.84 Å². The van der Waals surface area contributed by atoms with Crippen molar-refractivity contribution in [3.8, 4) is 0 Å². The highest BCUT2D eigenvalue weighted by Gasteiger charge is 2.75. The van der Waals surface area contributed by atoms with Gasteiger partial charge in [0, 0.05) is 39.3 Å². The maximum absolute atomic E-state index is 14.0. The summed E-state index contributed by atoms with van der Waals surface area (Å²) in [6.07, 6.45) is 10.4. The highest BCUT2D eigenvalue weighted by Crippen LogP contribution is 2.58. The zero-order chi connectivity index (χ0) is 24.0. The van der Waals surface area contributed by atoms with Crippen LogP contribution < -0.4 is 0 Å². The lowest BCUT2D eigenvalue weighted by atomic mass is 9.73. The van der Waals surface area contributed by atoms with Crippen molar-refractivity contribution in [2.75, 3.05) is 33.3 Å². The van der Waals surface area contributed by atoms with E-state index in [0.717, 1.165) is 6.42 Å². The molecule has 0 aromatic heterocycles. The molecular weight excluding hydrogens is 422 g/mol. The molecule has 8 heteroatoms. The highest BCUT2D eigenvalue weighted by atomic mass is 16.5. The quantitative estimate of drug-likeness (QED) is 0.458. The number of hydrogen-bond donors (Lipinski definition) is 1. The van der Waals surface area contributed by atoms with Crippen LogP contribution in [0.15, 0.2) is 24.3 Å². The van der Waals surface area contributed by atoms with Crippen LogP contribution in [0.25, 0.3) is 0 Å². The molecule has 182 valence electrons. The molecule has 4 aliphatic heterocycles. The molecule has 0 aliphatic carbocycles. The van der Waals surface area contributed by atoms with Gasteiger partial charge >= 0.3 is 0 Å². The van der Waals surface area contributed by atoms with Gasteiger partial charge in [-0.05, 0) is 39.5 Å². The van der Waals surface area contributed by atoms with Gasteiger partial charge < -0.3 is 24.5 Å². The molecule has 2 fully saturated rings. The first kappa shape index (κ1) is 24.0. The summed E-state index contributed by atoms with van der Waals surface area (Å²) in [6, 6.07) is -0.825. The molecular formula is C25H37N3O5. The minimum absolute atomic E-state index is 0.0256. The van der Waals surface area contributed by atoms with E-state index >= 15 is 0 Å². The van der Waals surface area contributed by atoms with E-state index in [2.05, 4.69) is 0 Å². The van der Waals surface area contributed by atoms with Gasteiger partial charge in [-0.1, -0.05) is 31.2 Å². The van der Waals surface area contributed by atoms with Crippen molar-refractivity contribution in [1.29, 1.82) is 0 Å². The fraction of sp³-hybridized carbons (Fsp3) is 0.720. The van der Waals surface area contributed by atoms with Crippen molar-refractivity contribution >= 4 is 17.7 Å². The number of amides is 3. The van der Waals surface area contributed by atoms with E-state index in [1.165, 1.54) is 0 Å². The fourth-order valence-electron chi connectivity index (χ4n) is 6.17. The number of fused-ring (bicyclic) bond motifs is 2. The van der Waals surface area contributed by atoms with Crippen LogP contribution in [-0.2, 0) is 19.1 Å². The normalized spacial score (nSPS) is 35.8. The predicted molar refractivity (Wildman–Crippen MR) is 123 cm³/mol. The molecule has 4 aliphatic rings. The summed E-state index contributed by atoms with van der Waals surface area (Å²) in [5.41, 5.74) is -2.09. The van der Waals surface area contributed by atoms with Crippen molar-refractivity contribution in [1.82, 2.24) is 14.7 Å². The van der Waals surface area contributed by atoms with Crippen LogP contribution in [0.3, 0.4) is 0 Å². The van der Waals surface area contributed by atoms with Crippen molar-refractivity contribution in [2.45, 2.75) is 69.7 Å². The number of likely N-dealkylation sites (N-methyl/N-ethyl adjacent to an activating group) is 1. The monoisotopic (exact) mass is 459 g/mol. The lowest BCUT2D eigenvalue weighted by Gasteiger charge is -2.39. The molecule has 4 heterocycles. The number of ether oxygens (including phenoxy) is 1. The summed E-state index contributed by atoms with van der Waals surface area (Å²) in [5, 5.41) is 9.15. The second kappa shape index (κ2) is 8.87. The average molecular weight is 460 g/mol. The van der Waals surface area contributed by atoms with E-state index in [1.54, 1.807) is 21.7 Å². The first-order valence-corrected chi connectivity index (χ1v) is 12.3. The van der Waals surface area contributed by atoms with E-state index in [-0.39, 0.29) is 30.4 Å². The second-order valence-electron chi connectivity index (χ2n) is 10.0. The zero-order valence-electron chi connectivity index (χ0n) is 20.2. The smallest absolute Gasteiger partial charge is 0.249 e. The summed E-state index contributed by atoms with van der Waals surface area (Å²) in [5.74, 6) is -1.83. The van der Waals surface area contributed by atoms with Gasteiger partial charge in [-0.25, -0.2) is 0 Å². The lowest BCUT2D eigenvalue weighted by molar-refractivity contribution is -0.154. The van der Waals surface area contributed by atoms with E-state index in [1.807, 2.05) is 45.1 Å². The number of nitrogens with zero attached hydrogens (tertiary/aromatic N) is 3. The number of hydrogen-bond acceptors (Lipinski definition) is 5. The Bertz CT molecular complexity index is 870. The van der Waals surface area contributed by atoms with Crippen molar-refractivity contribution < 1.29 is 24.2 Å². The van der Waals surface area contributed by atoms with Gasteiger partial charge in [-0.3, -0.25) is 14.4 Å². The largest absolute Gasteiger partial charge is 0.396 e. The Morgan fingerprint density at radius 3 is 2.42 bits per heavy atom.